The molecule has 4 rings (SSSR count). The van der Waals surface area contributed by atoms with Gasteiger partial charge in [-0.1, -0.05) is 30.3 Å². The second-order valence-electron chi connectivity index (χ2n) is 7.00. The number of hydrogen-bond acceptors (Lipinski definition) is 6. The van der Waals surface area contributed by atoms with Crippen molar-refractivity contribution < 1.29 is 13.2 Å². The lowest BCUT2D eigenvalue weighted by atomic mass is 10.1. The smallest absolute Gasteiger partial charge is 0.355 e. The number of nitrogens with zero attached hydrogens (tertiary/aromatic N) is 4. The fraction of sp³-hybridized carbons (Fsp3) is 0.389. The number of fused-ring (bicyclic) bond motifs is 1. The molecular weight excluding hydrogens is 371 g/mol. The van der Waals surface area contributed by atoms with Crippen molar-refractivity contribution >= 4 is 22.8 Å². The Kier molecular flexibility index (Phi) is 4.37. The number of aryl methyl sites for hydroxylation is 1. The molecule has 2 aromatic heterocycles. The highest BCUT2D eigenvalue weighted by molar-refractivity contribution is 5.88. The van der Waals surface area contributed by atoms with E-state index in [0.717, 1.165) is 5.56 Å². The Labute approximate surface area is 159 Å². The number of aromatic nitrogens is 4. The van der Waals surface area contributed by atoms with Crippen molar-refractivity contribution in [1.29, 1.82) is 0 Å². The van der Waals surface area contributed by atoms with Gasteiger partial charge >= 0.3 is 6.18 Å². The van der Waals surface area contributed by atoms with E-state index >= 15 is 0 Å². The third kappa shape index (κ3) is 3.35. The van der Waals surface area contributed by atoms with Gasteiger partial charge in [0, 0.05) is 19.6 Å². The van der Waals surface area contributed by atoms with Crippen molar-refractivity contribution in [1.82, 2.24) is 19.7 Å². The summed E-state index contributed by atoms with van der Waals surface area (Å²) in [5, 5.41) is 10.1. The molecule has 28 heavy (non-hydrogen) atoms. The molecule has 0 amide bonds. The number of alkyl halides is 3. The van der Waals surface area contributed by atoms with E-state index in [1.165, 1.54) is 10.9 Å². The second kappa shape index (κ2) is 6.62. The summed E-state index contributed by atoms with van der Waals surface area (Å²) < 4.78 is 41.6. The summed E-state index contributed by atoms with van der Waals surface area (Å²) in [5.74, 6) is 0.312. The summed E-state index contributed by atoms with van der Waals surface area (Å²) in [6, 6.07) is 9.18. The van der Waals surface area contributed by atoms with Crippen LogP contribution in [-0.2, 0) is 7.05 Å². The Morgan fingerprint density at radius 2 is 1.93 bits per heavy atom. The minimum Gasteiger partial charge on any atom is -0.355 e. The lowest BCUT2D eigenvalue weighted by Gasteiger charge is -2.22. The molecule has 2 heterocycles. The first kappa shape index (κ1) is 18.5. The molecule has 0 radical (unpaired) electrons. The van der Waals surface area contributed by atoms with Crippen LogP contribution in [0.3, 0.4) is 0 Å². The molecule has 1 atom stereocenters. The number of nitrogens with one attached hydrogen (secondary N) is 2. The van der Waals surface area contributed by atoms with Gasteiger partial charge in [0.1, 0.15) is 11.4 Å². The molecule has 0 bridgehead atoms. The van der Waals surface area contributed by atoms with E-state index in [1.54, 1.807) is 7.05 Å². The number of rotatable bonds is 6. The van der Waals surface area contributed by atoms with Crippen LogP contribution < -0.4 is 16.4 Å². The first-order chi connectivity index (χ1) is 13.3. The van der Waals surface area contributed by atoms with Crippen LogP contribution in [0.1, 0.15) is 24.4 Å². The van der Waals surface area contributed by atoms with Crippen molar-refractivity contribution in [2.45, 2.75) is 30.6 Å². The van der Waals surface area contributed by atoms with Crippen molar-refractivity contribution in [2.24, 2.45) is 12.8 Å². The molecular formula is C18H20F3N7. The molecule has 1 fully saturated rings. The van der Waals surface area contributed by atoms with Gasteiger partial charge in [-0.25, -0.2) is 0 Å². The Bertz CT molecular complexity index is 980. The fourth-order valence-corrected chi connectivity index (χ4v) is 3.05. The van der Waals surface area contributed by atoms with Gasteiger partial charge in [0.05, 0.1) is 11.6 Å². The molecule has 1 aromatic carbocycles. The molecule has 3 aromatic rings. The molecule has 4 N–H and O–H groups in total. The van der Waals surface area contributed by atoms with Crippen molar-refractivity contribution in [3.05, 3.63) is 42.1 Å². The topological polar surface area (TPSA) is 93.7 Å². The highest BCUT2D eigenvalue weighted by atomic mass is 19.4. The van der Waals surface area contributed by atoms with Crippen LogP contribution in [-0.4, -0.2) is 38.0 Å². The number of hydrogen-bond donors (Lipinski definition) is 3. The van der Waals surface area contributed by atoms with Crippen LogP contribution in [0.5, 0.6) is 0 Å². The third-order valence-electron chi connectivity index (χ3n) is 4.95. The first-order valence-corrected chi connectivity index (χ1v) is 8.88. The average molecular weight is 391 g/mol. The maximum atomic E-state index is 13.4. The highest BCUT2D eigenvalue weighted by Crippen LogP contribution is 2.51. The molecule has 1 aliphatic carbocycles. The molecule has 1 unspecified atom stereocenters. The summed E-state index contributed by atoms with van der Waals surface area (Å²) in [6.07, 6.45) is -2.85. The summed E-state index contributed by atoms with van der Waals surface area (Å²) in [4.78, 5) is 8.65. The lowest BCUT2D eigenvalue weighted by Crippen LogP contribution is -2.39. The molecule has 7 nitrogen and oxygen atoms in total. The lowest BCUT2D eigenvalue weighted by molar-refractivity contribution is -0.151. The predicted molar refractivity (Wildman–Crippen MR) is 99.8 cm³/mol. The average Bonchev–Trinajstić information content (AvgIpc) is 3.37. The van der Waals surface area contributed by atoms with Crippen LogP contribution >= 0.6 is 0 Å². The zero-order valence-corrected chi connectivity index (χ0v) is 15.2. The summed E-state index contributed by atoms with van der Waals surface area (Å²) >= 11 is 0. The monoisotopic (exact) mass is 391 g/mol. The van der Waals surface area contributed by atoms with E-state index in [9.17, 15) is 13.2 Å². The SMILES string of the molecule is Cn1ncc2c(NC3(C(F)(F)F)CC3)nc(NCC(N)c3ccccc3)nc21. The van der Waals surface area contributed by atoms with Crippen molar-refractivity contribution in [3.63, 3.8) is 0 Å². The van der Waals surface area contributed by atoms with Gasteiger partial charge in [0.2, 0.25) is 5.95 Å². The number of nitrogens with two attached hydrogens (primary N) is 1. The Balaban J connectivity index is 1.60. The van der Waals surface area contributed by atoms with E-state index in [0.29, 0.717) is 17.6 Å². The second-order valence-corrected chi connectivity index (χ2v) is 7.00. The van der Waals surface area contributed by atoms with E-state index < -0.39 is 11.7 Å². The van der Waals surface area contributed by atoms with Gasteiger partial charge in [0.25, 0.3) is 0 Å². The van der Waals surface area contributed by atoms with Crippen molar-refractivity contribution in [3.8, 4) is 0 Å². The van der Waals surface area contributed by atoms with Gasteiger partial charge in [0.15, 0.2) is 5.65 Å². The maximum Gasteiger partial charge on any atom is 0.411 e. The number of anilines is 2. The standard InChI is InChI=1S/C18H20F3N7/c1-28-15-12(9-24-28)14(27-17(7-8-17)18(19,20)21)25-16(26-15)23-10-13(22)11-5-3-2-4-6-11/h2-6,9,13H,7-8,10,22H2,1H3,(H2,23,25,26,27). The predicted octanol–water partition coefficient (Wildman–Crippen LogP) is 2.98. The fourth-order valence-electron chi connectivity index (χ4n) is 3.05. The molecule has 148 valence electrons. The van der Waals surface area contributed by atoms with Crippen LogP contribution in [0.25, 0.3) is 11.0 Å². The van der Waals surface area contributed by atoms with Gasteiger partial charge < -0.3 is 16.4 Å². The first-order valence-electron chi connectivity index (χ1n) is 8.88. The minimum absolute atomic E-state index is 0.0178. The Morgan fingerprint density at radius 3 is 2.57 bits per heavy atom. The van der Waals surface area contributed by atoms with E-state index in [1.807, 2.05) is 30.3 Å². The maximum absolute atomic E-state index is 13.4. The highest BCUT2D eigenvalue weighted by Gasteiger charge is 2.63. The van der Waals surface area contributed by atoms with E-state index in [4.69, 9.17) is 5.73 Å². The third-order valence-corrected chi connectivity index (χ3v) is 4.95. The normalized spacial score (nSPS) is 16.8. The number of halogens is 3. The Hall–Kier alpha value is -2.88. The zero-order chi connectivity index (χ0) is 19.9. The summed E-state index contributed by atoms with van der Waals surface area (Å²) in [5.41, 5.74) is 5.61. The summed E-state index contributed by atoms with van der Waals surface area (Å²) in [6.45, 7) is 0.331. The molecule has 1 aliphatic rings. The molecule has 10 heteroatoms. The van der Waals surface area contributed by atoms with Gasteiger partial charge in [-0.05, 0) is 18.4 Å². The Morgan fingerprint density at radius 1 is 1.21 bits per heavy atom. The zero-order valence-electron chi connectivity index (χ0n) is 15.2. The van der Waals surface area contributed by atoms with Crippen LogP contribution in [0.15, 0.2) is 36.5 Å². The van der Waals surface area contributed by atoms with Crippen LogP contribution in [0.4, 0.5) is 24.9 Å². The van der Waals surface area contributed by atoms with Gasteiger partial charge in [-0.3, -0.25) is 4.68 Å². The van der Waals surface area contributed by atoms with Gasteiger partial charge in [-0.2, -0.15) is 28.2 Å². The summed E-state index contributed by atoms with van der Waals surface area (Å²) in [7, 11) is 1.68. The van der Waals surface area contributed by atoms with Crippen molar-refractivity contribution in [2.75, 3.05) is 17.2 Å². The quantitative estimate of drug-likeness (QED) is 0.598. The largest absolute Gasteiger partial charge is 0.411 e. The molecule has 0 aliphatic heterocycles. The molecule has 0 saturated heterocycles. The van der Waals surface area contributed by atoms with E-state index in [2.05, 4.69) is 25.7 Å². The van der Waals surface area contributed by atoms with Crippen LogP contribution in [0, 0.1) is 0 Å². The minimum atomic E-state index is -4.35. The van der Waals surface area contributed by atoms with E-state index in [-0.39, 0.29) is 30.6 Å². The van der Waals surface area contributed by atoms with Crippen LogP contribution in [0.2, 0.25) is 0 Å². The molecule has 0 spiro atoms. The number of benzene rings is 1. The molecule has 1 saturated carbocycles. The van der Waals surface area contributed by atoms with Gasteiger partial charge in [-0.15, -0.1) is 0 Å².